The molecule has 2 aromatic rings. The molecular formula is C21H23NO3. The van der Waals surface area contributed by atoms with Gasteiger partial charge >= 0.3 is 5.97 Å². The topological polar surface area (TPSA) is 38.8 Å². The van der Waals surface area contributed by atoms with Crippen molar-refractivity contribution in [3.8, 4) is 5.75 Å². The number of esters is 1. The van der Waals surface area contributed by atoms with E-state index in [-0.39, 0.29) is 5.97 Å². The summed E-state index contributed by atoms with van der Waals surface area (Å²) < 4.78 is 10.5. The van der Waals surface area contributed by atoms with Crippen molar-refractivity contribution in [1.29, 1.82) is 0 Å². The van der Waals surface area contributed by atoms with Crippen LogP contribution in [0.3, 0.4) is 0 Å². The molecule has 0 fully saturated rings. The maximum absolute atomic E-state index is 11.5. The number of benzene rings is 2. The molecule has 0 atom stereocenters. The maximum Gasteiger partial charge on any atom is 0.337 e. The number of hydrogen-bond acceptors (Lipinski definition) is 4. The van der Waals surface area contributed by atoms with Gasteiger partial charge in [0, 0.05) is 19.6 Å². The molecule has 1 heterocycles. The number of ether oxygens (including phenoxy) is 2. The van der Waals surface area contributed by atoms with Crippen LogP contribution in [0.2, 0.25) is 0 Å². The third-order valence-electron chi connectivity index (χ3n) is 4.37. The lowest BCUT2D eigenvalue weighted by atomic mass is 10.00. The summed E-state index contributed by atoms with van der Waals surface area (Å²) in [6, 6.07) is 17.6. The minimum atomic E-state index is -0.347. The molecule has 4 heteroatoms. The Bertz CT molecular complexity index is 740. The van der Waals surface area contributed by atoms with Gasteiger partial charge in [-0.05, 0) is 35.8 Å². The molecule has 0 saturated carbocycles. The van der Waals surface area contributed by atoms with Gasteiger partial charge in [-0.3, -0.25) is 4.90 Å². The molecule has 25 heavy (non-hydrogen) atoms. The lowest BCUT2D eigenvalue weighted by molar-refractivity contribution is 0.0600. The second-order valence-corrected chi connectivity index (χ2v) is 6.01. The third kappa shape index (κ3) is 4.70. The van der Waals surface area contributed by atoms with Crippen molar-refractivity contribution in [1.82, 2.24) is 4.90 Å². The van der Waals surface area contributed by atoms with Gasteiger partial charge in [-0.15, -0.1) is 0 Å². The van der Waals surface area contributed by atoms with E-state index in [0.717, 1.165) is 26.1 Å². The van der Waals surface area contributed by atoms with Crippen LogP contribution in [0, 0.1) is 0 Å². The minimum absolute atomic E-state index is 0.347. The molecule has 130 valence electrons. The molecule has 4 nitrogen and oxygen atoms in total. The van der Waals surface area contributed by atoms with Gasteiger partial charge in [0.05, 0.1) is 12.7 Å². The summed E-state index contributed by atoms with van der Waals surface area (Å²) in [5, 5.41) is 0. The Morgan fingerprint density at radius 1 is 1.12 bits per heavy atom. The van der Waals surface area contributed by atoms with E-state index >= 15 is 0 Å². The van der Waals surface area contributed by atoms with Crippen LogP contribution in [0.5, 0.6) is 5.75 Å². The number of nitrogens with zero attached hydrogens (tertiary/aromatic N) is 1. The van der Waals surface area contributed by atoms with Gasteiger partial charge in [0.25, 0.3) is 0 Å². The summed E-state index contributed by atoms with van der Waals surface area (Å²) in [5.41, 5.74) is 3.25. The zero-order valence-corrected chi connectivity index (χ0v) is 14.5. The first-order chi connectivity index (χ1) is 12.3. The summed E-state index contributed by atoms with van der Waals surface area (Å²) in [6.07, 6.45) is 3.36. The van der Waals surface area contributed by atoms with Crippen LogP contribution in [0.4, 0.5) is 0 Å². The van der Waals surface area contributed by atoms with Crippen molar-refractivity contribution in [2.75, 3.05) is 33.4 Å². The molecule has 0 aromatic heterocycles. The average molecular weight is 337 g/mol. The Kier molecular flexibility index (Phi) is 5.86. The van der Waals surface area contributed by atoms with Gasteiger partial charge in [0.1, 0.15) is 12.4 Å². The van der Waals surface area contributed by atoms with E-state index in [1.807, 2.05) is 12.1 Å². The van der Waals surface area contributed by atoms with Gasteiger partial charge in [0.15, 0.2) is 0 Å². The van der Waals surface area contributed by atoms with Gasteiger partial charge in [-0.1, -0.05) is 42.5 Å². The lowest BCUT2D eigenvalue weighted by Gasteiger charge is -2.26. The highest BCUT2D eigenvalue weighted by Gasteiger charge is 2.13. The van der Waals surface area contributed by atoms with Crippen molar-refractivity contribution in [3.05, 3.63) is 71.8 Å². The summed E-state index contributed by atoms with van der Waals surface area (Å²) >= 11 is 0. The maximum atomic E-state index is 11.5. The van der Waals surface area contributed by atoms with E-state index in [1.54, 1.807) is 18.2 Å². The molecule has 2 aromatic carbocycles. The number of carbonyl (C=O) groups excluding carboxylic acids is 1. The Labute approximate surface area is 148 Å². The first-order valence-electron chi connectivity index (χ1n) is 8.54. The molecule has 0 unspecified atom stereocenters. The molecule has 1 aliphatic rings. The Balaban J connectivity index is 1.48. The van der Waals surface area contributed by atoms with Crippen molar-refractivity contribution in [2.24, 2.45) is 0 Å². The summed E-state index contributed by atoms with van der Waals surface area (Å²) in [4.78, 5) is 13.9. The monoisotopic (exact) mass is 337 g/mol. The standard InChI is InChI=1S/C21H23NO3/c1-24-21(23)19-8-5-9-20(16-19)25-15-14-22-12-10-18(11-13-22)17-6-3-2-4-7-17/h2-10,16H,11-15H2,1H3. The molecule has 0 amide bonds. The second kappa shape index (κ2) is 8.49. The van der Waals surface area contributed by atoms with Gasteiger partial charge in [-0.25, -0.2) is 4.79 Å². The Morgan fingerprint density at radius 3 is 2.68 bits per heavy atom. The molecular weight excluding hydrogens is 314 g/mol. The van der Waals surface area contributed by atoms with Crippen LogP contribution in [-0.2, 0) is 4.74 Å². The smallest absolute Gasteiger partial charge is 0.337 e. The highest BCUT2D eigenvalue weighted by molar-refractivity contribution is 5.89. The fourth-order valence-electron chi connectivity index (χ4n) is 2.95. The molecule has 0 spiro atoms. The zero-order valence-electron chi connectivity index (χ0n) is 14.5. The minimum Gasteiger partial charge on any atom is -0.492 e. The highest BCUT2D eigenvalue weighted by atomic mass is 16.5. The van der Waals surface area contributed by atoms with Gasteiger partial charge in [0.2, 0.25) is 0 Å². The Hall–Kier alpha value is -2.59. The molecule has 1 aliphatic heterocycles. The number of methoxy groups -OCH3 is 1. The molecule has 3 rings (SSSR count). The number of hydrogen-bond donors (Lipinski definition) is 0. The SMILES string of the molecule is COC(=O)c1cccc(OCCN2CC=C(c3ccccc3)CC2)c1. The largest absolute Gasteiger partial charge is 0.492 e. The van der Waals surface area contributed by atoms with Gasteiger partial charge in [-0.2, -0.15) is 0 Å². The molecule has 0 aliphatic carbocycles. The van der Waals surface area contributed by atoms with E-state index in [9.17, 15) is 4.79 Å². The predicted molar refractivity (Wildman–Crippen MR) is 98.8 cm³/mol. The Morgan fingerprint density at radius 2 is 1.96 bits per heavy atom. The highest BCUT2D eigenvalue weighted by Crippen LogP contribution is 2.22. The first-order valence-corrected chi connectivity index (χ1v) is 8.54. The van der Waals surface area contributed by atoms with Crippen molar-refractivity contribution in [2.45, 2.75) is 6.42 Å². The van der Waals surface area contributed by atoms with Crippen LogP contribution in [0.15, 0.2) is 60.7 Å². The quantitative estimate of drug-likeness (QED) is 0.755. The zero-order chi connectivity index (χ0) is 17.5. The van der Waals surface area contributed by atoms with Gasteiger partial charge < -0.3 is 9.47 Å². The summed E-state index contributed by atoms with van der Waals surface area (Å²) in [5.74, 6) is 0.348. The summed E-state index contributed by atoms with van der Waals surface area (Å²) in [6.45, 7) is 3.43. The van der Waals surface area contributed by atoms with Crippen LogP contribution >= 0.6 is 0 Å². The second-order valence-electron chi connectivity index (χ2n) is 6.01. The van der Waals surface area contributed by atoms with Crippen LogP contribution in [0.1, 0.15) is 22.3 Å². The van der Waals surface area contributed by atoms with E-state index < -0.39 is 0 Å². The van der Waals surface area contributed by atoms with Crippen molar-refractivity contribution >= 4 is 11.5 Å². The normalized spacial score (nSPS) is 14.7. The fraction of sp³-hybridized carbons (Fsp3) is 0.286. The van der Waals surface area contributed by atoms with Crippen molar-refractivity contribution in [3.63, 3.8) is 0 Å². The van der Waals surface area contributed by atoms with E-state index in [2.05, 4.69) is 35.2 Å². The van der Waals surface area contributed by atoms with E-state index in [1.165, 1.54) is 18.2 Å². The number of rotatable bonds is 6. The molecule has 0 radical (unpaired) electrons. The summed E-state index contributed by atoms with van der Waals surface area (Å²) in [7, 11) is 1.38. The molecule has 0 bridgehead atoms. The average Bonchev–Trinajstić information content (AvgIpc) is 2.69. The predicted octanol–water partition coefficient (Wildman–Crippen LogP) is 3.64. The van der Waals surface area contributed by atoms with E-state index in [4.69, 9.17) is 9.47 Å². The van der Waals surface area contributed by atoms with E-state index in [0.29, 0.717) is 17.9 Å². The van der Waals surface area contributed by atoms with Crippen LogP contribution in [0.25, 0.3) is 5.57 Å². The number of carbonyl (C=O) groups is 1. The fourth-order valence-corrected chi connectivity index (χ4v) is 2.95. The molecule has 0 N–H and O–H groups in total. The van der Waals surface area contributed by atoms with Crippen molar-refractivity contribution < 1.29 is 14.3 Å². The first kappa shape index (κ1) is 17.2. The lowest BCUT2D eigenvalue weighted by Crippen LogP contribution is -2.32. The molecule has 0 saturated heterocycles. The van der Waals surface area contributed by atoms with Crippen LogP contribution < -0.4 is 4.74 Å². The van der Waals surface area contributed by atoms with Crippen LogP contribution in [-0.4, -0.2) is 44.2 Å². The third-order valence-corrected chi connectivity index (χ3v) is 4.37.